The second kappa shape index (κ2) is 7.92. The van der Waals surface area contributed by atoms with Gasteiger partial charge < -0.3 is 5.32 Å². The third-order valence-electron chi connectivity index (χ3n) is 3.19. The third-order valence-corrected chi connectivity index (χ3v) is 3.42. The molecular formula is C17H18ClFN2O. The van der Waals surface area contributed by atoms with Gasteiger partial charge in [-0.2, -0.15) is 0 Å². The van der Waals surface area contributed by atoms with Crippen LogP contribution >= 0.6 is 11.6 Å². The number of amides is 1. The molecule has 2 aromatic rings. The summed E-state index contributed by atoms with van der Waals surface area (Å²) in [5.41, 5.74) is 1.52. The molecule has 22 heavy (non-hydrogen) atoms. The molecule has 0 aliphatic carbocycles. The van der Waals surface area contributed by atoms with Gasteiger partial charge in [0.15, 0.2) is 0 Å². The van der Waals surface area contributed by atoms with Crippen molar-refractivity contribution >= 4 is 17.5 Å². The zero-order chi connectivity index (χ0) is 15.9. The maximum Gasteiger partial charge on any atom is 0.234 e. The van der Waals surface area contributed by atoms with Crippen molar-refractivity contribution in [1.82, 2.24) is 10.2 Å². The Hall–Kier alpha value is -1.91. The lowest BCUT2D eigenvalue weighted by atomic mass is 10.2. The summed E-state index contributed by atoms with van der Waals surface area (Å²) >= 11 is 5.93. The molecule has 0 spiro atoms. The van der Waals surface area contributed by atoms with Crippen molar-refractivity contribution in [2.24, 2.45) is 0 Å². The van der Waals surface area contributed by atoms with Crippen molar-refractivity contribution in [2.45, 2.75) is 13.1 Å². The smallest absolute Gasteiger partial charge is 0.234 e. The van der Waals surface area contributed by atoms with E-state index in [1.165, 1.54) is 6.07 Å². The van der Waals surface area contributed by atoms with Gasteiger partial charge in [0.1, 0.15) is 5.82 Å². The molecule has 0 fully saturated rings. The SMILES string of the molecule is CN(CC(=O)NCc1ccccc1F)Cc1cccc(Cl)c1. The number of likely N-dealkylation sites (N-methyl/N-ethyl adjacent to an activating group) is 1. The average Bonchev–Trinajstić information content (AvgIpc) is 2.46. The molecule has 0 saturated heterocycles. The van der Waals surface area contributed by atoms with Gasteiger partial charge in [-0.1, -0.05) is 41.9 Å². The molecule has 116 valence electrons. The van der Waals surface area contributed by atoms with Crippen LogP contribution in [0.1, 0.15) is 11.1 Å². The van der Waals surface area contributed by atoms with Gasteiger partial charge in [-0.15, -0.1) is 0 Å². The van der Waals surface area contributed by atoms with Crippen molar-refractivity contribution in [2.75, 3.05) is 13.6 Å². The van der Waals surface area contributed by atoms with Crippen LogP contribution in [0, 0.1) is 5.82 Å². The molecule has 2 aromatic carbocycles. The second-order valence-corrected chi connectivity index (χ2v) is 5.61. The highest BCUT2D eigenvalue weighted by molar-refractivity contribution is 6.30. The van der Waals surface area contributed by atoms with Gasteiger partial charge in [-0.25, -0.2) is 4.39 Å². The molecule has 0 aliphatic rings. The molecule has 0 saturated carbocycles. The number of nitrogens with one attached hydrogen (secondary N) is 1. The first-order valence-corrected chi connectivity index (χ1v) is 7.35. The fourth-order valence-corrected chi connectivity index (χ4v) is 2.35. The fraction of sp³-hybridized carbons (Fsp3) is 0.235. The van der Waals surface area contributed by atoms with Gasteiger partial charge in [0.2, 0.25) is 5.91 Å². The lowest BCUT2D eigenvalue weighted by Gasteiger charge is -2.16. The molecule has 0 aliphatic heterocycles. The molecule has 0 heterocycles. The van der Waals surface area contributed by atoms with Gasteiger partial charge in [0.25, 0.3) is 0 Å². The first-order chi connectivity index (χ1) is 10.5. The largest absolute Gasteiger partial charge is 0.351 e. The maximum atomic E-state index is 13.5. The second-order valence-electron chi connectivity index (χ2n) is 5.17. The number of carbonyl (C=O) groups excluding carboxylic acids is 1. The zero-order valence-electron chi connectivity index (χ0n) is 12.4. The van der Waals surface area contributed by atoms with Crippen LogP contribution in [0.4, 0.5) is 4.39 Å². The average molecular weight is 321 g/mol. The Kier molecular flexibility index (Phi) is 5.92. The predicted molar refractivity (Wildman–Crippen MR) is 86.0 cm³/mol. The Morgan fingerprint density at radius 1 is 1.23 bits per heavy atom. The standard InChI is InChI=1S/C17H18ClFN2O/c1-21(11-13-5-4-7-15(18)9-13)12-17(22)20-10-14-6-2-3-8-16(14)19/h2-9H,10-12H2,1H3,(H,20,22). The highest BCUT2D eigenvalue weighted by Gasteiger charge is 2.08. The Morgan fingerprint density at radius 3 is 2.73 bits per heavy atom. The molecule has 1 amide bonds. The van der Waals surface area contributed by atoms with Crippen molar-refractivity contribution in [3.8, 4) is 0 Å². The molecule has 0 unspecified atom stereocenters. The number of hydrogen-bond donors (Lipinski definition) is 1. The van der Waals surface area contributed by atoms with Gasteiger partial charge in [-0.05, 0) is 30.8 Å². The van der Waals surface area contributed by atoms with Crippen LogP contribution in [0.5, 0.6) is 0 Å². The summed E-state index contributed by atoms with van der Waals surface area (Å²) in [6.45, 7) is 1.05. The molecule has 3 nitrogen and oxygen atoms in total. The summed E-state index contributed by atoms with van der Waals surface area (Å²) in [4.78, 5) is 13.8. The summed E-state index contributed by atoms with van der Waals surface area (Å²) < 4.78 is 13.5. The zero-order valence-corrected chi connectivity index (χ0v) is 13.1. The summed E-state index contributed by atoms with van der Waals surface area (Å²) in [6.07, 6.45) is 0. The Labute approximate surface area is 134 Å². The van der Waals surface area contributed by atoms with Crippen LogP contribution in [0.25, 0.3) is 0 Å². The van der Waals surface area contributed by atoms with Gasteiger partial charge >= 0.3 is 0 Å². The Balaban J connectivity index is 1.80. The van der Waals surface area contributed by atoms with E-state index in [0.717, 1.165) is 5.56 Å². The minimum Gasteiger partial charge on any atom is -0.351 e. The topological polar surface area (TPSA) is 32.3 Å². The van der Waals surface area contributed by atoms with Crippen LogP contribution in [0.2, 0.25) is 5.02 Å². The van der Waals surface area contributed by atoms with E-state index >= 15 is 0 Å². The lowest BCUT2D eigenvalue weighted by Crippen LogP contribution is -2.34. The van der Waals surface area contributed by atoms with Crippen LogP contribution in [0.15, 0.2) is 48.5 Å². The molecule has 0 radical (unpaired) electrons. The van der Waals surface area contributed by atoms with E-state index < -0.39 is 0 Å². The number of nitrogens with zero attached hydrogens (tertiary/aromatic N) is 1. The number of rotatable bonds is 6. The summed E-state index contributed by atoms with van der Waals surface area (Å²) in [7, 11) is 1.85. The summed E-state index contributed by atoms with van der Waals surface area (Å²) in [6, 6.07) is 13.9. The number of carbonyl (C=O) groups is 1. The monoisotopic (exact) mass is 320 g/mol. The maximum absolute atomic E-state index is 13.5. The lowest BCUT2D eigenvalue weighted by molar-refractivity contribution is -0.122. The van der Waals surface area contributed by atoms with E-state index in [0.29, 0.717) is 17.1 Å². The van der Waals surface area contributed by atoms with E-state index in [4.69, 9.17) is 11.6 Å². The van der Waals surface area contributed by atoms with Crippen LogP contribution in [0.3, 0.4) is 0 Å². The molecule has 1 N–H and O–H groups in total. The molecule has 5 heteroatoms. The highest BCUT2D eigenvalue weighted by atomic mass is 35.5. The predicted octanol–water partition coefficient (Wildman–Crippen LogP) is 3.23. The number of hydrogen-bond acceptors (Lipinski definition) is 2. The summed E-state index contributed by atoms with van der Waals surface area (Å²) in [5.74, 6) is -0.456. The number of benzene rings is 2. The van der Waals surface area contributed by atoms with Gasteiger partial charge in [0, 0.05) is 23.7 Å². The molecule has 0 atom stereocenters. The fourth-order valence-electron chi connectivity index (χ4n) is 2.14. The van der Waals surface area contributed by atoms with Crippen LogP contribution in [-0.4, -0.2) is 24.4 Å². The minimum atomic E-state index is -0.310. The van der Waals surface area contributed by atoms with E-state index in [-0.39, 0.29) is 24.8 Å². The van der Waals surface area contributed by atoms with E-state index in [9.17, 15) is 9.18 Å². The molecule has 0 aromatic heterocycles. The first kappa shape index (κ1) is 16.5. The van der Waals surface area contributed by atoms with E-state index in [2.05, 4.69) is 5.32 Å². The third kappa shape index (κ3) is 5.13. The highest BCUT2D eigenvalue weighted by Crippen LogP contribution is 2.12. The molecule has 2 rings (SSSR count). The summed E-state index contributed by atoms with van der Waals surface area (Å²) in [5, 5.41) is 3.40. The van der Waals surface area contributed by atoms with E-state index in [1.54, 1.807) is 18.2 Å². The molecule has 0 bridgehead atoms. The van der Waals surface area contributed by atoms with Crippen molar-refractivity contribution < 1.29 is 9.18 Å². The molecular weight excluding hydrogens is 303 g/mol. The van der Waals surface area contributed by atoms with Crippen molar-refractivity contribution in [3.05, 3.63) is 70.5 Å². The van der Waals surface area contributed by atoms with Gasteiger partial charge in [-0.3, -0.25) is 9.69 Å². The first-order valence-electron chi connectivity index (χ1n) is 6.97. The normalized spacial score (nSPS) is 10.7. The Bertz CT molecular complexity index is 648. The van der Waals surface area contributed by atoms with Crippen LogP contribution < -0.4 is 5.32 Å². The Morgan fingerprint density at radius 2 is 2.00 bits per heavy atom. The van der Waals surface area contributed by atoms with E-state index in [1.807, 2.05) is 36.2 Å². The van der Waals surface area contributed by atoms with Crippen LogP contribution in [-0.2, 0) is 17.9 Å². The quantitative estimate of drug-likeness (QED) is 0.886. The minimum absolute atomic E-state index is 0.146. The van der Waals surface area contributed by atoms with Gasteiger partial charge in [0.05, 0.1) is 6.54 Å². The number of halogens is 2. The van der Waals surface area contributed by atoms with Crippen molar-refractivity contribution in [1.29, 1.82) is 0 Å². The van der Waals surface area contributed by atoms with Crippen molar-refractivity contribution in [3.63, 3.8) is 0 Å².